The molecule has 1 heterocycles. The quantitative estimate of drug-likeness (QED) is 0.735. The molecule has 0 spiro atoms. The van der Waals surface area contributed by atoms with Gasteiger partial charge in [-0.05, 0) is 24.6 Å². The summed E-state index contributed by atoms with van der Waals surface area (Å²) in [5.41, 5.74) is 3.03. The summed E-state index contributed by atoms with van der Waals surface area (Å²) in [7, 11) is 1.59. The van der Waals surface area contributed by atoms with E-state index in [4.69, 9.17) is 0 Å². The van der Waals surface area contributed by atoms with E-state index in [9.17, 15) is 14.4 Å². The van der Waals surface area contributed by atoms with Gasteiger partial charge in [0.05, 0.1) is 13.1 Å². The van der Waals surface area contributed by atoms with Crippen LogP contribution in [0.15, 0.2) is 54.6 Å². The van der Waals surface area contributed by atoms with Gasteiger partial charge in [0.2, 0.25) is 11.8 Å². The molecule has 0 bridgehead atoms. The first-order chi connectivity index (χ1) is 14.9. The summed E-state index contributed by atoms with van der Waals surface area (Å²) in [6.45, 7) is 5.76. The molecule has 0 atom stereocenters. The van der Waals surface area contributed by atoms with Crippen molar-refractivity contribution in [1.29, 1.82) is 0 Å². The summed E-state index contributed by atoms with van der Waals surface area (Å²) in [5, 5.41) is 2.60. The molecule has 1 aliphatic heterocycles. The molecule has 164 valence electrons. The third-order valence-electron chi connectivity index (χ3n) is 5.45. The van der Waals surface area contributed by atoms with Gasteiger partial charge >= 0.3 is 0 Å². The van der Waals surface area contributed by atoms with Crippen molar-refractivity contribution in [3.05, 3.63) is 71.3 Å². The molecule has 0 aromatic heterocycles. The summed E-state index contributed by atoms with van der Waals surface area (Å²) in [4.78, 5) is 42.5. The van der Waals surface area contributed by atoms with Crippen LogP contribution in [0, 0.1) is 6.92 Å². The predicted octanol–water partition coefficient (Wildman–Crippen LogP) is 1.53. The lowest BCUT2D eigenvalue weighted by molar-refractivity contribution is -0.140. The molecule has 7 heteroatoms. The highest BCUT2D eigenvalue weighted by Crippen LogP contribution is 2.10. The summed E-state index contributed by atoms with van der Waals surface area (Å²) in [6.07, 6.45) is 0. The van der Waals surface area contributed by atoms with E-state index in [1.54, 1.807) is 36.2 Å². The van der Waals surface area contributed by atoms with Crippen molar-refractivity contribution >= 4 is 17.7 Å². The number of likely N-dealkylation sites (N-methyl/N-ethyl adjacent to an activating group) is 1. The maximum Gasteiger partial charge on any atom is 0.251 e. The third-order valence-corrected chi connectivity index (χ3v) is 5.45. The molecule has 0 radical (unpaired) electrons. The second-order valence-corrected chi connectivity index (χ2v) is 7.94. The number of amides is 3. The Bertz CT molecular complexity index is 908. The van der Waals surface area contributed by atoms with Gasteiger partial charge in [0.25, 0.3) is 5.91 Å². The van der Waals surface area contributed by atoms with Gasteiger partial charge in [-0.15, -0.1) is 0 Å². The van der Waals surface area contributed by atoms with Gasteiger partial charge in [0.15, 0.2) is 0 Å². The Kier molecular flexibility index (Phi) is 7.78. The fourth-order valence-electron chi connectivity index (χ4n) is 3.60. The molecular weight excluding hydrogens is 392 g/mol. The fraction of sp³-hybridized carbons (Fsp3) is 0.375. The summed E-state index contributed by atoms with van der Waals surface area (Å²) in [5.74, 6) is -0.672. The molecule has 2 aromatic rings. The highest BCUT2D eigenvalue weighted by Gasteiger charge is 2.23. The number of piperazine rings is 1. The molecule has 2 aromatic carbocycles. The van der Waals surface area contributed by atoms with E-state index in [1.807, 2.05) is 6.07 Å². The average molecular weight is 423 g/mol. The van der Waals surface area contributed by atoms with E-state index in [0.717, 1.165) is 19.6 Å². The van der Waals surface area contributed by atoms with E-state index in [1.165, 1.54) is 16.0 Å². The second kappa shape index (κ2) is 10.7. The van der Waals surface area contributed by atoms with E-state index in [-0.39, 0.29) is 30.8 Å². The average Bonchev–Trinajstić information content (AvgIpc) is 2.78. The zero-order valence-electron chi connectivity index (χ0n) is 18.2. The number of nitrogens with one attached hydrogen (secondary N) is 1. The van der Waals surface area contributed by atoms with Crippen LogP contribution in [0.4, 0.5) is 0 Å². The lowest BCUT2D eigenvalue weighted by Crippen LogP contribution is -2.51. The Hall–Kier alpha value is -3.19. The lowest BCUT2D eigenvalue weighted by Gasteiger charge is -2.35. The van der Waals surface area contributed by atoms with Crippen LogP contribution in [0.2, 0.25) is 0 Å². The SMILES string of the molecule is Cc1cccc(CN2CCN(C(=O)CN(C)C(=O)CNC(=O)c3ccccc3)CC2)c1. The number of hydrogen-bond acceptors (Lipinski definition) is 4. The zero-order chi connectivity index (χ0) is 22.2. The first-order valence-electron chi connectivity index (χ1n) is 10.6. The van der Waals surface area contributed by atoms with Crippen molar-refractivity contribution in [2.24, 2.45) is 0 Å². The number of rotatable bonds is 7. The fourth-order valence-corrected chi connectivity index (χ4v) is 3.60. The van der Waals surface area contributed by atoms with Crippen molar-refractivity contribution in [3.8, 4) is 0 Å². The molecule has 3 amide bonds. The molecule has 1 fully saturated rings. The van der Waals surface area contributed by atoms with Gasteiger partial charge in [-0.25, -0.2) is 0 Å². The molecule has 7 nitrogen and oxygen atoms in total. The van der Waals surface area contributed by atoms with E-state index in [0.29, 0.717) is 18.7 Å². The molecule has 3 rings (SSSR count). The molecule has 1 saturated heterocycles. The van der Waals surface area contributed by atoms with Crippen LogP contribution < -0.4 is 5.32 Å². The number of nitrogens with zero attached hydrogens (tertiary/aromatic N) is 3. The first kappa shape index (κ1) is 22.5. The summed E-state index contributed by atoms with van der Waals surface area (Å²) in [6, 6.07) is 17.2. The Morgan fingerprint density at radius 3 is 2.35 bits per heavy atom. The van der Waals surface area contributed by atoms with Crippen LogP contribution >= 0.6 is 0 Å². The van der Waals surface area contributed by atoms with Gasteiger partial charge in [-0.1, -0.05) is 48.0 Å². The van der Waals surface area contributed by atoms with Crippen molar-refractivity contribution in [1.82, 2.24) is 20.0 Å². The highest BCUT2D eigenvalue weighted by atomic mass is 16.2. The number of hydrogen-bond donors (Lipinski definition) is 1. The molecular formula is C24H30N4O3. The highest BCUT2D eigenvalue weighted by molar-refractivity contribution is 5.96. The van der Waals surface area contributed by atoms with E-state index >= 15 is 0 Å². The smallest absolute Gasteiger partial charge is 0.251 e. The van der Waals surface area contributed by atoms with Crippen LogP contribution in [0.1, 0.15) is 21.5 Å². The van der Waals surface area contributed by atoms with E-state index < -0.39 is 0 Å². The summed E-state index contributed by atoms with van der Waals surface area (Å²) >= 11 is 0. The van der Waals surface area contributed by atoms with Gasteiger partial charge in [0, 0.05) is 45.3 Å². The van der Waals surface area contributed by atoms with Gasteiger partial charge in [-0.3, -0.25) is 19.3 Å². The standard InChI is InChI=1S/C24H30N4O3/c1-19-7-6-8-20(15-19)17-27-11-13-28(14-12-27)23(30)18-26(2)22(29)16-25-24(31)21-9-4-3-5-10-21/h3-10,15H,11-14,16-18H2,1-2H3,(H,25,31). The van der Waals surface area contributed by atoms with Crippen LogP contribution in [0.3, 0.4) is 0 Å². The first-order valence-corrected chi connectivity index (χ1v) is 10.6. The van der Waals surface area contributed by atoms with Gasteiger partial charge < -0.3 is 15.1 Å². The maximum absolute atomic E-state index is 12.6. The number of aryl methyl sites for hydroxylation is 1. The minimum atomic E-state index is -0.307. The molecule has 1 N–H and O–H groups in total. The normalized spacial score (nSPS) is 14.2. The molecule has 31 heavy (non-hydrogen) atoms. The topological polar surface area (TPSA) is 73.0 Å². The van der Waals surface area contributed by atoms with Gasteiger partial charge in [0.1, 0.15) is 0 Å². The van der Waals surface area contributed by atoms with E-state index in [2.05, 4.69) is 41.4 Å². The van der Waals surface area contributed by atoms with Crippen molar-refractivity contribution < 1.29 is 14.4 Å². The predicted molar refractivity (Wildman–Crippen MR) is 119 cm³/mol. The Morgan fingerprint density at radius 2 is 1.68 bits per heavy atom. The maximum atomic E-state index is 12.6. The number of carbonyl (C=O) groups excluding carboxylic acids is 3. The van der Waals surface area contributed by atoms with Crippen LogP contribution in [-0.4, -0.2) is 78.7 Å². The van der Waals surface area contributed by atoms with Gasteiger partial charge in [-0.2, -0.15) is 0 Å². The van der Waals surface area contributed by atoms with Crippen molar-refractivity contribution in [3.63, 3.8) is 0 Å². The Labute approximate surface area is 183 Å². The van der Waals surface area contributed by atoms with Crippen molar-refractivity contribution in [2.75, 3.05) is 46.3 Å². The zero-order valence-corrected chi connectivity index (χ0v) is 18.2. The Morgan fingerprint density at radius 1 is 0.968 bits per heavy atom. The van der Waals surface area contributed by atoms with Crippen molar-refractivity contribution in [2.45, 2.75) is 13.5 Å². The molecule has 0 saturated carbocycles. The number of benzene rings is 2. The Balaban J connectivity index is 1.39. The van der Waals surface area contributed by atoms with Crippen LogP contribution in [0.25, 0.3) is 0 Å². The second-order valence-electron chi connectivity index (χ2n) is 7.94. The largest absolute Gasteiger partial charge is 0.343 e. The molecule has 0 unspecified atom stereocenters. The summed E-state index contributed by atoms with van der Waals surface area (Å²) < 4.78 is 0. The molecule has 1 aliphatic rings. The van der Waals surface area contributed by atoms with Crippen LogP contribution in [0.5, 0.6) is 0 Å². The minimum absolute atomic E-state index is 0.0118. The van der Waals surface area contributed by atoms with Crippen LogP contribution in [-0.2, 0) is 16.1 Å². The molecule has 0 aliphatic carbocycles. The monoisotopic (exact) mass is 422 g/mol. The minimum Gasteiger partial charge on any atom is -0.343 e. The lowest BCUT2D eigenvalue weighted by atomic mass is 10.1. The third kappa shape index (κ3) is 6.65. The number of carbonyl (C=O) groups is 3.